The fourth-order valence-corrected chi connectivity index (χ4v) is 2.34. The van der Waals surface area contributed by atoms with Crippen LogP contribution in [0.1, 0.15) is 25.3 Å². The molecule has 0 bridgehead atoms. The van der Waals surface area contributed by atoms with Crippen LogP contribution >= 0.6 is 0 Å². The van der Waals surface area contributed by atoms with Crippen LogP contribution in [0.3, 0.4) is 0 Å². The van der Waals surface area contributed by atoms with E-state index in [9.17, 15) is 0 Å². The van der Waals surface area contributed by atoms with E-state index in [1.54, 1.807) is 0 Å². The van der Waals surface area contributed by atoms with E-state index in [-0.39, 0.29) is 0 Å². The zero-order valence-corrected chi connectivity index (χ0v) is 12.2. The Bertz CT molecular complexity index is 649. The molecule has 2 aromatic rings. The number of hydrogen-bond donors (Lipinski definition) is 0. The van der Waals surface area contributed by atoms with Gasteiger partial charge < -0.3 is 4.74 Å². The molecule has 1 heterocycles. The average Bonchev–Trinajstić information content (AvgIpc) is 2.55. The summed E-state index contributed by atoms with van der Waals surface area (Å²) in [6.45, 7) is 3.47. The molecule has 107 valence electrons. The van der Waals surface area contributed by atoms with Gasteiger partial charge in [0, 0.05) is 11.8 Å². The van der Waals surface area contributed by atoms with Gasteiger partial charge in [-0.2, -0.15) is 0 Å². The molecule has 3 nitrogen and oxygen atoms in total. The summed E-state index contributed by atoms with van der Waals surface area (Å²) in [7, 11) is 0. The van der Waals surface area contributed by atoms with Crippen LogP contribution < -0.4 is 10.1 Å². The zero-order valence-electron chi connectivity index (χ0n) is 12.2. The number of hydrogen-bond acceptors (Lipinski definition) is 2. The number of unbranched alkanes of at least 4 members (excludes halogenated alkanes) is 1. The van der Waals surface area contributed by atoms with Gasteiger partial charge in [-0.25, -0.2) is 0 Å². The number of ether oxygens (including phenoxy) is 1. The predicted molar refractivity (Wildman–Crippen MR) is 86.5 cm³/mol. The van der Waals surface area contributed by atoms with E-state index >= 15 is 0 Å². The van der Waals surface area contributed by atoms with Gasteiger partial charge in [0.25, 0.3) is 0 Å². The first kappa shape index (κ1) is 13.7. The van der Waals surface area contributed by atoms with Crippen molar-refractivity contribution in [3.8, 4) is 16.9 Å². The minimum absolute atomic E-state index is 0.535. The van der Waals surface area contributed by atoms with Crippen molar-refractivity contribution < 1.29 is 4.74 Å². The average molecular weight is 279 g/mol. The highest BCUT2D eigenvalue weighted by molar-refractivity contribution is 5.90. The minimum atomic E-state index is 0.535. The molecular weight excluding hydrogens is 260 g/mol. The van der Waals surface area contributed by atoms with E-state index in [1.165, 1.54) is 5.56 Å². The van der Waals surface area contributed by atoms with Crippen molar-refractivity contribution in [3.63, 3.8) is 0 Å². The van der Waals surface area contributed by atoms with Crippen molar-refractivity contribution in [2.24, 2.45) is 4.99 Å². The summed E-state index contributed by atoms with van der Waals surface area (Å²) in [5.74, 6) is 0.928. The first-order valence-corrected chi connectivity index (χ1v) is 7.41. The predicted octanol–water partition coefficient (Wildman–Crippen LogP) is 4.16. The molecule has 3 heteroatoms. The normalized spacial score (nSPS) is 12.6. The Morgan fingerprint density at radius 2 is 2.00 bits per heavy atom. The topological polar surface area (TPSA) is 35.7 Å². The second-order valence-electron chi connectivity index (χ2n) is 5.11. The number of benzene rings is 2. The molecule has 0 atom stereocenters. The molecule has 0 fully saturated rings. The van der Waals surface area contributed by atoms with E-state index in [1.807, 2.05) is 18.3 Å². The van der Waals surface area contributed by atoms with Crippen molar-refractivity contribution in [2.45, 2.75) is 19.8 Å². The van der Waals surface area contributed by atoms with E-state index in [0.717, 1.165) is 42.0 Å². The standard InChI is InChI=1S/C18H19N2O/c1-2-3-9-21-17-6-4-5-14(11-17)15-7-8-18-16(10-15)12-19-13-20-18/h4-8,10-12H,2-3,9,13H2,1H3. The quantitative estimate of drug-likeness (QED) is 0.757. The van der Waals surface area contributed by atoms with Crippen molar-refractivity contribution in [3.05, 3.63) is 48.0 Å². The lowest BCUT2D eigenvalue weighted by atomic mass is 10.0. The van der Waals surface area contributed by atoms with Crippen LogP contribution in [0, 0.1) is 0 Å². The minimum Gasteiger partial charge on any atom is -0.494 e. The van der Waals surface area contributed by atoms with Gasteiger partial charge >= 0.3 is 0 Å². The second-order valence-corrected chi connectivity index (χ2v) is 5.11. The highest BCUT2D eigenvalue weighted by Gasteiger charge is 2.08. The van der Waals surface area contributed by atoms with Crippen LogP contribution in [-0.4, -0.2) is 19.5 Å². The SMILES string of the molecule is CCCCOc1cccc(-c2ccc3c(c2)C=NC[N]3)c1. The van der Waals surface area contributed by atoms with E-state index in [0.29, 0.717) is 6.67 Å². The van der Waals surface area contributed by atoms with Crippen LogP contribution in [0.15, 0.2) is 47.5 Å². The van der Waals surface area contributed by atoms with Crippen LogP contribution in [0.2, 0.25) is 0 Å². The molecule has 0 spiro atoms. The molecular formula is C18H19N2O. The monoisotopic (exact) mass is 279 g/mol. The molecule has 0 aromatic heterocycles. The largest absolute Gasteiger partial charge is 0.494 e. The number of nitrogens with zero attached hydrogens (tertiary/aromatic N) is 2. The molecule has 0 unspecified atom stereocenters. The van der Waals surface area contributed by atoms with Crippen molar-refractivity contribution in [1.29, 1.82) is 0 Å². The van der Waals surface area contributed by atoms with Crippen LogP contribution in [-0.2, 0) is 0 Å². The molecule has 0 saturated heterocycles. The number of aliphatic imine (C=N–C) groups is 1. The fourth-order valence-electron chi connectivity index (χ4n) is 2.34. The van der Waals surface area contributed by atoms with Crippen molar-refractivity contribution >= 4 is 11.9 Å². The van der Waals surface area contributed by atoms with E-state index in [4.69, 9.17) is 4.74 Å². The lowest BCUT2D eigenvalue weighted by Gasteiger charge is -2.12. The van der Waals surface area contributed by atoms with Gasteiger partial charge in [0.2, 0.25) is 0 Å². The lowest BCUT2D eigenvalue weighted by molar-refractivity contribution is 0.309. The van der Waals surface area contributed by atoms with Crippen LogP contribution in [0.5, 0.6) is 5.75 Å². The first-order chi connectivity index (χ1) is 10.4. The third-order valence-electron chi connectivity index (χ3n) is 3.51. The highest BCUT2D eigenvalue weighted by Crippen LogP contribution is 2.28. The van der Waals surface area contributed by atoms with Crippen molar-refractivity contribution in [1.82, 2.24) is 5.32 Å². The molecule has 0 aliphatic carbocycles. The molecule has 21 heavy (non-hydrogen) atoms. The smallest absolute Gasteiger partial charge is 0.130 e. The van der Waals surface area contributed by atoms with Gasteiger partial charge in [-0.3, -0.25) is 10.3 Å². The first-order valence-electron chi connectivity index (χ1n) is 7.41. The summed E-state index contributed by atoms with van der Waals surface area (Å²) in [6.07, 6.45) is 4.13. The third kappa shape index (κ3) is 3.24. The molecule has 0 saturated carbocycles. The van der Waals surface area contributed by atoms with E-state index in [2.05, 4.69) is 47.6 Å². The molecule has 1 radical (unpaired) electrons. The summed E-state index contributed by atoms with van der Waals surface area (Å²) in [6, 6.07) is 14.5. The molecule has 1 aliphatic heterocycles. The maximum atomic E-state index is 5.78. The van der Waals surface area contributed by atoms with Crippen LogP contribution in [0.4, 0.5) is 5.69 Å². The number of rotatable bonds is 5. The molecule has 3 rings (SSSR count). The maximum Gasteiger partial charge on any atom is 0.130 e. The molecule has 0 amide bonds. The third-order valence-corrected chi connectivity index (χ3v) is 3.51. The summed E-state index contributed by atoms with van der Waals surface area (Å²) in [4.78, 5) is 4.20. The maximum absolute atomic E-state index is 5.78. The summed E-state index contributed by atoms with van der Waals surface area (Å²) < 4.78 is 5.78. The fraction of sp³-hybridized carbons (Fsp3) is 0.278. The summed E-state index contributed by atoms with van der Waals surface area (Å²) >= 11 is 0. The Kier molecular flexibility index (Phi) is 4.20. The van der Waals surface area contributed by atoms with Crippen molar-refractivity contribution in [2.75, 3.05) is 13.3 Å². The van der Waals surface area contributed by atoms with Gasteiger partial charge in [-0.1, -0.05) is 31.5 Å². The zero-order chi connectivity index (χ0) is 14.5. The Morgan fingerprint density at radius 3 is 2.90 bits per heavy atom. The summed E-state index contributed by atoms with van der Waals surface area (Å²) in [5, 5.41) is 4.37. The van der Waals surface area contributed by atoms with Gasteiger partial charge in [0.15, 0.2) is 0 Å². The van der Waals surface area contributed by atoms with E-state index < -0.39 is 0 Å². The highest BCUT2D eigenvalue weighted by atomic mass is 16.5. The molecule has 1 aliphatic rings. The Balaban J connectivity index is 1.83. The van der Waals surface area contributed by atoms with Gasteiger partial charge in [-0.15, -0.1) is 0 Å². The van der Waals surface area contributed by atoms with Gasteiger partial charge in [0.1, 0.15) is 12.4 Å². The second kappa shape index (κ2) is 6.44. The van der Waals surface area contributed by atoms with Crippen LogP contribution in [0.25, 0.3) is 11.1 Å². The summed E-state index contributed by atoms with van der Waals surface area (Å²) in [5.41, 5.74) is 4.42. The van der Waals surface area contributed by atoms with Gasteiger partial charge in [0.05, 0.1) is 12.3 Å². The Labute approximate surface area is 125 Å². The number of fused-ring (bicyclic) bond motifs is 1. The molecule has 0 N–H and O–H groups in total. The Morgan fingerprint density at radius 1 is 1.10 bits per heavy atom. The van der Waals surface area contributed by atoms with Gasteiger partial charge in [-0.05, 0) is 41.8 Å². The molecule has 2 aromatic carbocycles. The Hall–Kier alpha value is -2.29. The lowest BCUT2D eigenvalue weighted by Crippen LogP contribution is -2.06.